The van der Waals surface area contributed by atoms with E-state index < -0.39 is 17.6 Å². The van der Waals surface area contributed by atoms with Gasteiger partial charge in [-0.25, -0.2) is 9.37 Å². The molecule has 2 aromatic rings. The quantitative estimate of drug-likeness (QED) is 0.792. The van der Waals surface area contributed by atoms with Crippen LogP contribution in [-0.4, -0.2) is 12.1 Å². The Balaban J connectivity index is 2.70. The molecule has 0 radical (unpaired) electrons. The van der Waals surface area contributed by atoms with Gasteiger partial charge in [-0.05, 0) is 18.2 Å². The molecule has 2 rings (SSSR count). The van der Waals surface area contributed by atoms with Gasteiger partial charge in [-0.15, -0.1) is 0 Å². The van der Waals surface area contributed by atoms with Crippen molar-refractivity contribution in [1.29, 1.82) is 5.26 Å². The monoisotopic (exact) mass is 296 g/mol. The normalized spacial score (nSPS) is 11.0. The van der Waals surface area contributed by atoms with Crippen LogP contribution in [0, 0.1) is 17.1 Å². The number of alkyl halides is 3. The molecule has 0 fully saturated rings. The third-order valence-corrected chi connectivity index (χ3v) is 2.80. The van der Waals surface area contributed by atoms with Gasteiger partial charge in [-0.2, -0.15) is 18.4 Å². The highest BCUT2D eigenvalue weighted by Crippen LogP contribution is 2.35. The van der Waals surface area contributed by atoms with Crippen molar-refractivity contribution in [3.63, 3.8) is 0 Å². The Bertz CT molecular complexity index is 720. The van der Waals surface area contributed by atoms with Crippen LogP contribution in [0.4, 0.5) is 17.6 Å². The molecule has 0 saturated heterocycles. The van der Waals surface area contributed by atoms with Gasteiger partial charge in [0.25, 0.3) is 0 Å². The topological polar surface area (TPSA) is 45.9 Å². The summed E-state index contributed by atoms with van der Waals surface area (Å²) in [4.78, 5) is 3.61. The smallest absolute Gasteiger partial charge is 0.416 e. The van der Waals surface area contributed by atoms with Crippen molar-refractivity contribution in [2.75, 3.05) is 7.11 Å². The number of halogens is 4. The highest BCUT2D eigenvalue weighted by Gasteiger charge is 2.31. The van der Waals surface area contributed by atoms with Crippen molar-refractivity contribution in [3.8, 4) is 23.1 Å². The number of pyridine rings is 1. The number of methoxy groups -OCH3 is 1. The Labute approximate surface area is 117 Å². The van der Waals surface area contributed by atoms with Gasteiger partial charge >= 0.3 is 6.18 Å². The Morgan fingerprint density at radius 2 is 1.90 bits per heavy atom. The van der Waals surface area contributed by atoms with Crippen molar-refractivity contribution in [2.45, 2.75) is 6.18 Å². The molecule has 0 atom stereocenters. The number of hydrogen-bond donors (Lipinski definition) is 0. The molecular weight excluding hydrogens is 288 g/mol. The Hall–Kier alpha value is -2.62. The predicted molar refractivity (Wildman–Crippen MR) is 65.9 cm³/mol. The summed E-state index contributed by atoms with van der Waals surface area (Å²) in [6, 6.07) is 5.40. The Morgan fingerprint density at radius 3 is 2.48 bits per heavy atom. The molecule has 1 aromatic carbocycles. The largest absolute Gasteiger partial charge is 0.481 e. The van der Waals surface area contributed by atoms with E-state index in [1.54, 1.807) is 6.07 Å². The second-order valence-electron chi connectivity index (χ2n) is 4.08. The van der Waals surface area contributed by atoms with Crippen LogP contribution in [-0.2, 0) is 6.18 Å². The summed E-state index contributed by atoms with van der Waals surface area (Å²) in [5.74, 6) is -0.806. The van der Waals surface area contributed by atoms with Crippen LogP contribution < -0.4 is 4.74 Å². The first-order chi connectivity index (χ1) is 9.86. The number of hydrogen-bond acceptors (Lipinski definition) is 3. The molecule has 1 aromatic heterocycles. The van der Waals surface area contributed by atoms with E-state index in [0.717, 1.165) is 30.5 Å². The van der Waals surface area contributed by atoms with Crippen molar-refractivity contribution in [3.05, 3.63) is 47.4 Å². The van der Waals surface area contributed by atoms with Gasteiger partial charge in [0, 0.05) is 17.2 Å². The standard InChI is InChI=1S/C14H8F4N2O/c1-21-13-5-11(12(15)7-20-13)10-4-9(14(16,17)18)3-2-8(10)6-19/h2-5,7H,1H3. The lowest BCUT2D eigenvalue weighted by molar-refractivity contribution is -0.137. The van der Waals surface area contributed by atoms with E-state index >= 15 is 0 Å². The summed E-state index contributed by atoms with van der Waals surface area (Å²) in [5.41, 5.74) is -1.38. The highest BCUT2D eigenvalue weighted by molar-refractivity contribution is 5.72. The summed E-state index contributed by atoms with van der Waals surface area (Å²) >= 11 is 0. The van der Waals surface area contributed by atoms with E-state index in [0.29, 0.717) is 0 Å². The number of benzene rings is 1. The molecule has 0 saturated carbocycles. The lowest BCUT2D eigenvalue weighted by Gasteiger charge is -2.11. The van der Waals surface area contributed by atoms with Gasteiger partial charge in [0.05, 0.1) is 30.5 Å². The average molecular weight is 296 g/mol. The predicted octanol–water partition coefficient (Wildman–Crippen LogP) is 3.79. The highest BCUT2D eigenvalue weighted by atomic mass is 19.4. The summed E-state index contributed by atoms with van der Waals surface area (Å²) in [6.45, 7) is 0. The maximum Gasteiger partial charge on any atom is 0.416 e. The van der Waals surface area contributed by atoms with Crippen LogP contribution in [0.1, 0.15) is 11.1 Å². The minimum atomic E-state index is -4.59. The van der Waals surface area contributed by atoms with Gasteiger partial charge in [0.15, 0.2) is 0 Å². The van der Waals surface area contributed by atoms with Crippen LogP contribution in [0.3, 0.4) is 0 Å². The lowest BCUT2D eigenvalue weighted by atomic mass is 9.98. The maximum absolute atomic E-state index is 13.8. The van der Waals surface area contributed by atoms with Gasteiger partial charge in [0.2, 0.25) is 5.88 Å². The maximum atomic E-state index is 13.8. The van der Waals surface area contributed by atoms with E-state index in [1.165, 1.54) is 7.11 Å². The second kappa shape index (κ2) is 5.40. The van der Waals surface area contributed by atoms with E-state index in [9.17, 15) is 17.6 Å². The zero-order valence-electron chi connectivity index (χ0n) is 10.7. The molecule has 0 unspecified atom stereocenters. The molecule has 108 valence electrons. The summed E-state index contributed by atoms with van der Waals surface area (Å²) in [6.07, 6.45) is -3.76. The van der Waals surface area contributed by atoms with Gasteiger partial charge < -0.3 is 4.74 Å². The third kappa shape index (κ3) is 2.94. The van der Waals surface area contributed by atoms with Crippen LogP contribution in [0.25, 0.3) is 11.1 Å². The summed E-state index contributed by atoms with van der Waals surface area (Å²) in [7, 11) is 1.29. The molecule has 0 aliphatic heterocycles. The Kier molecular flexibility index (Phi) is 3.80. The van der Waals surface area contributed by atoms with Crippen molar-refractivity contribution >= 4 is 0 Å². The second-order valence-corrected chi connectivity index (χ2v) is 4.08. The number of ether oxygens (including phenoxy) is 1. The SMILES string of the molecule is COc1cc(-c2cc(C(F)(F)F)ccc2C#N)c(F)cn1. The minimum Gasteiger partial charge on any atom is -0.481 e. The summed E-state index contributed by atoms with van der Waals surface area (Å²) < 4.78 is 56.9. The van der Waals surface area contributed by atoms with Crippen LogP contribution in [0.2, 0.25) is 0 Å². The molecule has 3 nitrogen and oxygen atoms in total. The molecule has 7 heteroatoms. The van der Waals surface area contributed by atoms with Crippen molar-refractivity contribution in [1.82, 2.24) is 4.98 Å². The molecule has 0 aliphatic carbocycles. The first kappa shape index (κ1) is 14.8. The fourth-order valence-corrected chi connectivity index (χ4v) is 1.78. The lowest BCUT2D eigenvalue weighted by Crippen LogP contribution is -2.05. The van der Waals surface area contributed by atoms with E-state index in [1.807, 2.05) is 0 Å². The average Bonchev–Trinajstić information content (AvgIpc) is 2.46. The molecule has 0 spiro atoms. The van der Waals surface area contributed by atoms with Crippen LogP contribution in [0.5, 0.6) is 5.88 Å². The molecule has 0 amide bonds. The molecule has 0 N–H and O–H groups in total. The van der Waals surface area contributed by atoms with Gasteiger partial charge in [-0.3, -0.25) is 0 Å². The van der Waals surface area contributed by atoms with E-state index in [2.05, 4.69) is 4.98 Å². The molecule has 1 heterocycles. The van der Waals surface area contributed by atoms with Gasteiger partial charge in [-0.1, -0.05) is 0 Å². The number of nitriles is 1. The zero-order chi connectivity index (χ0) is 15.6. The van der Waals surface area contributed by atoms with Crippen molar-refractivity contribution in [2.24, 2.45) is 0 Å². The Morgan fingerprint density at radius 1 is 1.19 bits per heavy atom. The van der Waals surface area contributed by atoms with Gasteiger partial charge in [0.1, 0.15) is 5.82 Å². The molecule has 21 heavy (non-hydrogen) atoms. The molecule has 0 bridgehead atoms. The zero-order valence-corrected chi connectivity index (χ0v) is 10.7. The fraction of sp³-hybridized carbons (Fsp3) is 0.143. The number of nitrogens with zero attached hydrogens (tertiary/aromatic N) is 2. The summed E-state index contributed by atoms with van der Waals surface area (Å²) in [5, 5.41) is 8.99. The van der Waals surface area contributed by atoms with E-state index in [4.69, 9.17) is 10.00 Å². The molecular formula is C14H8F4N2O. The van der Waals surface area contributed by atoms with E-state index in [-0.39, 0.29) is 22.6 Å². The molecule has 0 aliphatic rings. The first-order valence-corrected chi connectivity index (χ1v) is 5.68. The third-order valence-electron chi connectivity index (χ3n) is 2.80. The van der Waals surface area contributed by atoms with Crippen molar-refractivity contribution < 1.29 is 22.3 Å². The van der Waals surface area contributed by atoms with Crippen LogP contribution >= 0.6 is 0 Å². The fourth-order valence-electron chi connectivity index (χ4n) is 1.78. The first-order valence-electron chi connectivity index (χ1n) is 5.68. The minimum absolute atomic E-state index is 0.0349. The van der Waals surface area contributed by atoms with Crippen LogP contribution in [0.15, 0.2) is 30.5 Å². The number of rotatable bonds is 2. The number of aromatic nitrogens is 1.